The van der Waals surface area contributed by atoms with E-state index in [0.717, 1.165) is 31.1 Å². The molecule has 0 aliphatic carbocycles. The van der Waals surface area contributed by atoms with Crippen molar-refractivity contribution in [1.29, 1.82) is 0 Å². The van der Waals surface area contributed by atoms with Crippen molar-refractivity contribution in [1.82, 2.24) is 24.5 Å². The predicted molar refractivity (Wildman–Crippen MR) is 110 cm³/mol. The maximum absolute atomic E-state index is 6.08. The van der Waals surface area contributed by atoms with E-state index in [1.165, 1.54) is 31.4 Å². The molecule has 3 aromatic rings. The summed E-state index contributed by atoms with van der Waals surface area (Å²) in [4.78, 5) is 9.46. The maximum Gasteiger partial charge on any atom is 0.209 e. The number of anilines is 2. The van der Waals surface area contributed by atoms with Crippen molar-refractivity contribution in [2.45, 2.75) is 25.2 Å². The van der Waals surface area contributed by atoms with Gasteiger partial charge in [0.05, 0.1) is 0 Å². The smallest absolute Gasteiger partial charge is 0.209 e. The van der Waals surface area contributed by atoms with E-state index in [-0.39, 0.29) is 0 Å². The number of piperidine rings is 2. The molecule has 146 valence electrons. The van der Waals surface area contributed by atoms with Gasteiger partial charge in [0, 0.05) is 32.2 Å². The van der Waals surface area contributed by atoms with Crippen LogP contribution in [0.15, 0.2) is 42.7 Å². The van der Waals surface area contributed by atoms with Crippen molar-refractivity contribution >= 4 is 17.4 Å². The predicted octanol–water partition coefficient (Wildman–Crippen LogP) is 2.41. The SMILES string of the molecule is CN1C[C@@H](c2ccccc2)CC2(CCN(c3cc4nncn4c(N)n3)CC2)C1. The Morgan fingerprint density at radius 2 is 1.93 bits per heavy atom. The molecule has 2 aromatic heterocycles. The largest absolute Gasteiger partial charge is 0.369 e. The number of benzene rings is 1. The fourth-order valence-electron chi connectivity index (χ4n) is 5.19. The summed E-state index contributed by atoms with van der Waals surface area (Å²) in [6.45, 7) is 4.35. The highest BCUT2D eigenvalue weighted by Gasteiger charge is 2.41. The van der Waals surface area contributed by atoms with E-state index in [0.29, 0.717) is 17.3 Å². The summed E-state index contributed by atoms with van der Waals surface area (Å²) in [6, 6.07) is 13.0. The molecule has 1 spiro atoms. The van der Waals surface area contributed by atoms with Gasteiger partial charge < -0.3 is 15.5 Å². The zero-order valence-electron chi connectivity index (χ0n) is 16.3. The van der Waals surface area contributed by atoms with Gasteiger partial charge in [-0.3, -0.25) is 4.40 Å². The second-order valence-electron chi connectivity index (χ2n) is 8.53. The number of nitrogens with two attached hydrogens (primary N) is 1. The molecular weight excluding hydrogens is 350 g/mol. The lowest BCUT2D eigenvalue weighted by molar-refractivity contribution is 0.0671. The average molecular weight is 377 g/mol. The van der Waals surface area contributed by atoms with E-state index in [1.807, 2.05) is 6.07 Å². The van der Waals surface area contributed by atoms with Crippen LogP contribution in [-0.2, 0) is 0 Å². The van der Waals surface area contributed by atoms with Crippen molar-refractivity contribution in [2.24, 2.45) is 5.41 Å². The molecule has 2 aliphatic rings. The quantitative estimate of drug-likeness (QED) is 0.739. The fourth-order valence-corrected chi connectivity index (χ4v) is 5.19. The van der Waals surface area contributed by atoms with E-state index in [1.54, 1.807) is 10.7 Å². The molecule has 5 rings (SSSR count). The van der Waals surface area contributed by atoms with Crippen molar-refractivity contribution in [2.75, 3.05) is 43.9 Å². The molecular formula is C21H27N7. The number of rotatable bonds is 2. The van der Waals surface area contributed by atoms with Crippen LogP contribution in [0, 0.1) is 5.41 Å². The van der Waals surface area contributed by atoms with Crippen LogP contribution in [0.3, 0.4) is 0 Å². The number of hydrogen-bond donors (Lipinski definition) is 1. The van der Waals surface area contributed by atoms with Crippen LogP contribution in [0.5, 0.6) is 0 Å². The number of aromatic nitrogens is 4. The fraction of sp³-hybridized carbons (Fsp3) is 0.476. The summed E-state index contributed by atoms with van der Waals surface area (Å²) in [5.74, 6) is 1.98. The third kappa shape index (κ3) is 3.09. The first kappa shape index (κ1) is 17.4. The minimum Gasteiger partial charge on any atom is -0.369 e. The van der Waals surface area contributed by atoms with Crippen LogP contribution in [0.4, 0.5) is 11.8 Å². The first-order valence-corrected chi connectivity index (χ1v) is 10.1. The van der Waals surface area contributed by atoms with Crippen LogP contribution in [0.1, 0.15) is 30.7 Å². The number of likely N-dealkylation sites (tertiary alicyclic amines) is 1. The molecule has 28 heavy (non-hydrogen) atoms. The number of likely N-dealkylation sites (N-methyl/N-ethyl adjacent to an activating group) is 1. The monoisotopic (exact) mass is 377 g/mol. The molecule has 1 aromatic carbocycles. The number of hydrogen-bond acceptors (Lipinski definition) is 6. The molecule has 0 radical (unpaired) electrons. The summed E-state index contributed by atoms with van der Waals surface area (Å²) < 4.78 is 1.72. The van der Waals surface area contributed by atoms with Crippen molar-refractivity contribution < 1.29 is 0 Å². The Balaban J connectivity index is 1.33. The van der Waals surface area contributed by atoms with Gasteiger partial charge >= 0.3 is 0 Å². The second-order valence-corrected chi connectivity index (χ2v) is 8.53. The van der Waals surface area contributed by atoms with Crippen molar-refractivity contribution in [3.8, 4) is 0 Å². The highest BCUT2D eigenvalue weighted by Crippen LogP contribution is 2.45. The zero-order chi connectivity index (χ0) is 19.1. The summed E-state index contributed by atoms with van der Waals surface area (Å²) in [5.41, 5.74) is 8.70. The lowest BCUT2D eigenvalue weighted by atomic mass is 9.68. The van der Waals surface area contributed by atoms with Gasteiger partial charge in [-0.1, -0.05) is 30.3 Å². The molecule has 0 saturated carbocycles. The third-order valence-corrected chi connectivity index (χ3v) is 6.54. The Kier molecular flexibility index (Phi) is 4.19. The molecule has 2 fully saturated rings. The Labute approximate surface area is 165 Å². The van der Waals surface area contributed by atoms with Gasteiger partial charge in [-0.25, -0.2) is 0 Å². The minimum atomic E-state index is 0.383. The van der Waals surface area contributed by atoms with Gasteiger partial charge in [0.15, 0.2) is 5.65 Å². The van der Waals surface area contributed by atoms with Crippen LogP contribution < -0.4 is 10.6 Å². The van der Waals surface area contributed by atoms with Crippen LogP contribution in [-0.4, -0.2) is 57.7 Å². The van der Waals surface area contributed by atoms with Crippen molar-refractivity contribution in [3.63, 3.8) is 0 Å². The number of fused-ring (bicyclic) bond motifs is 1. The number of nitrogen functional groups attached to an aromatic ring is 1. The molecule has 0 bridgehead atoms. The Bertz CT molecular complexity index is 959. The number of nitrogens with zero attached hydrogens (tertiary/aromatic N) is 6. The van der Waals surface area contributed by atoms with E-state index < -0.39 is 0 Å². The molecule has 2 aliphatic heterocycles. The molecule has 0 unspecified atom stereocenters. The third-order valence-electron chi connectivity index (χ3n) is 6.54. The highest BCUT2D eigenvalue weighted by atomic mass is 15.3. The van der Waals surface area contributed by atoms with Gasteiger partial charge in [0.25, 0.3) is 0 Å². The molecule has 0 amide bonds. The lowest BCUT2D eigenvalue weighted by Gasteiger charge is -2.49. The first-order valence-electron chi connectivity index (χ1n) is 10.1. The molecule has 1 atom stereocenters. The first-order chi connectivity index (χ1) is 13.6. The summed E-state index contributed by atoms with van der Waals surface area (Å²) >= 11 is 0. The standard InChI is InChI=1S/C21H27N7/c1-26-13-17(16-5-3-2-4-6-16)12-21(14-26)7-9-27(10-8-21)18-11-19-25-23-15-28(19)20(22)24-18/h2-6,11,15,17H,7-10,12-14H2,1H3,(H2,22,24)/t17-/m0/s1. The highest BCUT2D eigenvalue weighted by molar-refractivity contribution is 5.55. The Hall–Kier alpha value is -2.67. The zero-order valence-corrected chi connectivity index (χ0v) is 16.3. The molecule has 2 saturated heterocycles. The van der Waals surface area contributed by atoms with Crippen LogP contribution in [0.2, 0.25) is 0 Å². The van der Waals surface area contributed by atoms with Crippen LogP contribution in [0.25, 0.3) is 5.65 Å². The Morgan fingerprint density at radius 1 is 1.14 bits per heavy atom. The van der Waals surface area contributed by atoms with Gasteiger partial charge in [0.2, 0.25) is 5.95 Å². The average Bonchev–Trinajstić information content (AvgIpc) is 3.18. The van der Waals surface area contributed by atoms with E-state index in [4.69, 9.17) is 5.73 Å². The minimum absolute atomic E-state index is 0.383. The van der Waals surface area contributed by atoms with Crippen LogP contribution >= 0.6 is 0 Å². The summed E-state index contributed by atoms with van der Waals surface area (Å²) in [7, 11) is 2.27. The van der Waals surface area contributed by atoms with E-state index in [2.05, 4.69) is 62.4 Å². The summed E-state index contributed by atoms with van der Waals surface area (Å²) in [6.07, 6.45) is 5.24. The van der Waals surface area contributed by atoms with Gasteiger partial charge in [0.1, 0.15) is 12.1 Å². The lowest BCUT2D eigenvalue weighted by Crippen LogP contribution is -2.50. The molecule has 7 nitrogen and oxygen atoms in total. The van der Waals surface area contributed by atoms with Crippen molar-refractivity contribution in [3.05, 3.63) is 48.3 Å². The van der Waals surface area contributed by atoms with Gasteiger partial charge in [-0.15, -0.1) is 10.2 Å². The molecule has 7 heteroatoms. The molecule has 4 heterocycles. The molecule has 2 N–H and O–H groups in total. The topological polar surface area (TPSA) is 75.6 Å². The van der Waals surface area contributed by atoms with E-state index >= 15 is 0 Å². The normalized spacial score (nSPS) is 22.8. The maximum atomic E-state index is 6.08. The van der Waals surface area contributed by atoms with Gasteiger partial charge in [-0.2, -0.15) is 4.98 Å². The van der Waals surface area contributed by atoms with E-state index in [9.17, 15) is 0 Å². The Morgan fingerprint density at radius 3 is 2.71 bits per heavy atom. The van der Waals surface area contributed by atoms with Gasteiger partial charge in [-0.05, 0) is 43.2 Å². The summed E-state index contributed by atoms with van der Waals surface area (Å²) in [5, 5.41) is 8.06. The second kappa shape index (κ2) is 6.74.